The summed E-state index contributed by atoms with van der Waals surface area (Å²) in [7, 11) is 1.63. The number of aromatic nitrogens is 4. The highest BCUT2D eigenvalue weighted by atomic mass is 35.5. The van der Waals surface area contributed by atoms with Crippen LogP contribution in [-0.4, -0.2) is 44.9 Å². The van der Waals surface area contributed by atoms with Crippen LogP contribution in [0.15, 0.2) is 47.5 Å². The Kier molecular flexibility index (Phi) is 6.79. The molecular formula is C25H23Cl2FN6O2. The highest BCUT2D eigenvalue weighted by Crippen LogP contribution is 2.36. The maximum atomic E-state index is 14.0. The number of pyridine rings is 2. The standard InChI is InChI=1S/C25H23Cl2FN6O2/c1-13-3-5-17(26)21(22(13)27)16-9-14-10-31-25(33-23(14)34(2)24(16)35)32-20-6-4-15(11-30-20)36-19-7-8-29-12-18(19)28/h3-6,9-11,18-19,29H,7-8,12H2,1-2H3,(H,30,31,32,33). The number of ether oxygens (including phenoxy) is 1. The Labute approximate surface area is 216 Å². The molecule has 4 heterocycles. The minimum absolute atomic E-state index is 0.264. The zero-order valence-electron chi connectivity index (χ0n) is 19.6. The van der Waals surface area contributed by atoms with Crippen molar-refractivity contribution in [3.63, 3.8) is 0 Å². The molecule has 186 valence electrons. The van der Waals surface area contributed by atoms with Crippen molar-refractivity contribution >= 4 is 46.0 Å². The minimum Gasteiger partial charge on any atom is -0.486 e. The number of benzene rings is 1. The van der Waals surface area contributed by atoms with E-state index in [1.807, 2.05) is 6.92 Å². The van der Waals surface area contributed by atoms with Crippen LogP contribution < -0.4 is 20.9 Å². The monoisotopic (exact) mass is 528 g/mol. The summed E-state index contributed by atoms with van der Waals surface area (Å²) >= 11 is 12.9. The fourth-order valence-electron chi connectivity index (χ4n) is 4.13. The van der Waals surface area contributed by atoms with Crippen molar-refractivity contribution in [3.8, 4) is 16.9 Å². The molecule has 2 unspecified atom stereocenters. The molecule has 1 aromatic carbocycles. The molecule has 1 aliphatic rings. The number of piperidine rings is 1. The largest absolute Gasteiger partial charge is 0.486 e. The Bertz CT molecular complexity index is 1500. The van der Waals surface area contributed by atoms with E-state index in [1.165, 1.54) is 10.8 Å². The Morgan fingerprint density at radius 2 is 2.03 bits per heavy atom. The van der Waals surface area contributed by atoms with Crippen molar-refractivity contribution in [3.05, 3.63) is 68.7 Å². The fraction of sp³-hybridized carbons (Fsp3) is 0.280. The number of halogens is 3. The van der Waals surface area contributed by atoms with Gasteiger partial charge in [-0.25, -0.2) is 14.4 Å². The fourth-order valence-corrected chi connectivity index (χ4v) is 4.71. The molecule has 2 atom stereocenters. The minimum atomic E-state index is -1.06. The first-order valence-corrected chi connectivity index (χ1v) is 12.1. The lowest BCUT2D eigenvalue weighted by atomic mass is 10.0. The van der Waals surface area contributed by atoms with Crippen LogP contribution >= 0.6 is 23.2 Å². The molecule has 0 bridgehead atoms. The summed E-state index contributed by atoms with van der Waals surface area (Å²) in [5, 5.41) is 7.49. The molecule has 4 aromatic rings. The van der Waals surface area contributed by atoms with Gasteiger partial charge in [-0.1, -0.05) is 29.3 Å². The summed E-state index contributed by atoms with van der Waals surface area (Å²) in [6.07, 6.45) is 2.17. The Morgan fingerprint density at radius 3 is 2.78 bits per heavy atom. The molecule has 5 rings (SSSR count). The number of alkyl halides is 1. The van der Waals surface area contributed by atoms with Gasteiger partial charge in [-0.15, -0.1) is 0 Å². The van der Waals surface area contributed by atoms with E-state index in [0.29, 0.717) is 56.7 Å². The van der Waals surface area contributed by atoms with E-state index < -0.39 is 12.3 Å². The van der Waals surface area contributed by atoms with Gasteiger partial charge in [-0.05, 0) is 49.7 Å². The smallest absolute Gasteiger partial charge is 0.259 e. The number of fused-ring (bicyclic) bond motifs is 1. The molecule has 1 aliphatic heterocycles. The number of hydrogen-bond donors (Lipinski definition) is 2. The van der Waals surface area contributed by atoms with Crippen molar-refractivity contribution in [2.45, 2.75) is 25.6 Å². The molecule has 0 spiro atoms. The molecule has 3 aromatic heterocycles. The summed E-state index contributed by atoms with van der Waals surface area (Å²) in [6.45, 7) is 2.85. The second kappa shape index (κ2) is 10.0. The van der Waals surface area contributed by atoms with E-state index in [9.17, 15) is 9.18 Å². The number of nitrogens with one attached hydrogen (secondary N) is 2. The third-order valence-electron chi connectivity index (χ3n) is 6.11. The molecule has 1 fully saturated rings. The lowest BCUT2D eigenvalue weighted by Crippen LogP contribution is -2.44. The molecule has 36 heavy (non-hydrogen) atoms. The van der Waals surface area contributed by atoms with Gasteiger partial charge < -0.3 is 15.4 Å². The number of anilines is 2. The molecular weight excluding hydrogens is 506 g/mol. The highest BCUT2D eigenvalue weighted by molar-refractivity contribution is 6.39. The van der Waals surface area contributed by atoms with E-state index in [-0.39, 0.29) is 18.1 Å². The summed E-state index contributed by atoms with van der Waals surface area (Å²) < 4.78 is 21.2. The predicted molar refractivity (Wildman–Crippen MR) is 139 cm³/mol. The first-order valence-electron chi connectivity index (χ1n) is 11.4. The molecule has 2 N–H and O–H groups in total. The Hall–Kier alpha value is -3.27. The van der Waals surface area contributed by atoms with Gasteiger partial charge >= 0.3 is 0 Å². The average Bonchev–Trinajstić information content (AvgIpc) is 2.87. The van der Waals surface area contributed by atoms with Gasteiger partial charge in [0.2, 0.25) is 5.95 Å². The van der Waals surface area contributed by atoms with Crippen LogP contribution in [0.2, 0.25) is 10.0 Å². The maximum Gasteiger partial charge on any atom is 0.259 e. The van der Waals surface area contributed by atoms with E-state index >= 15 is 0 Å². The van der Waals surface area contributed by atoms with Crippen LogP contribution in [0.25, 0.3) is 22.2 Å². The quantitative estimate of drug-likeness (QED) is 0.383. The SMILES string of the molecule is Cc1ccc(Cl)c(-c2cc3cnc(Nc4ccc(OC5CCNCC5F)cn4)nc3n(C)c2=O)c1Cl. The topological polar surface area (TPSA) is 94.0 Å². The van der Waals surface area contributed by atoms with Crippen LogP contribution in [0.5, 0.6) is 5.75 Å². The van der Waals surface area contributed by atoms with Crippen molar-refractivity contribution in [2.24, 2.45) is 7.05 Å². The van der Waals surface area contributed by atoms with Crippen LogP contribution in [-0.2, 0) is 7.05 Å². The van der Waals surface area contributed by atoms with Gasteiger partial charge in [0.25, 0.3) is 5.56 Å². The first kappa shape index (κ1) is 24.4. The third-order valence-corrected chi connectivity index (χ3v) is 6.92. The predicted octanol–water partition coefficient (Wildman–Crippen LogP) is 4.83. The van der Waals surface area contributed by atoms with Crippen molar-refractivity contribution < 1.29 is 9.13 Å². The second-order valence-electron chi connectivity index (χ2n) is 8.62. The zero-order chi connectivity index (χ0) is 25.4. The number of rotatable bonds is 5. The van der Waals surface area contributed by atoms with E-state index in [4.69, 9.17) is 27.9 Å². The Balaban J connectivity index is 1.40. The summed E-state index contributed by atoms with van der Waals surface area (Å²) in [6, 6.07) is 8.62. The highest BCUT2D eigenvalue weighted by Gasteiger charge is 2.26. The van der Waals surface area contributed by atoms with Gasteiger partial charge in [-0.3, -0.25) is 9.36 Å². The van der Waals surface area contributed by atoms with E-state index in [1.54, 1.807) is 43.6 Å². The molecule has 0 saturated carbocycles. The van der Waals surface area contributed by atoms with Gasteiger partial charge in [0.05, 0.1) is 21.8 Å². The molecule has 0 amide bonds. The first-order chi connectivity index (χ1) is 17.3. The lowest BCUT2D eigenvalue weighted by molar-refractivity contribution is 0.0729. The number of nitrogens with zero attached hydrogens (tertiary/aromatic N) is 4. The van der Waals surface area contributed by atoms with Gasteiger partial charge in [0.1, 0.15) is 29.5 Å². The van der Waals surface area contributed by atoms with Gasteiger partial charge in [-0.2, -0.15) is 4.98 Å². The van der Waals surface area contributed by atoms with Crippen molar-refractivity contribution in [1.29, 1.82) is 0 Å². The van der Waals surface area contributed by atoms with Crippen molar-refractivity contribution in [1.82, 2.24) is 24.8 Å². The van der Waals surface area contributed by atoms with Gasteiger partial charge in [0, 0.05) is 30.7 Å². The van der Waals surface area contributed by atoms with E-state index in [2.05, 4.69) is 25.6 Å². The number of aryl methyl sites for hydroxylation is 2. The lowest BCUT2D eigenvalue weighted by Gasteiger charge is -2.27. The van der Waals surface area contributed by atoms with Gasteiger partial charge in [0.15, 0.2) is 0 Å². The maximum absolute atomic E-state index is 14.0. The zero-order valence-corrected chi connectivity index (χ0v) is 21.1. The molecule has 11 heteroatoms. The summed E-state index contributed by atoms with van der Waals surface area (Å²) in [5.74, 6) is 1.22. The molecule has 0 radical (unpaired) electrons. The van der Waals surface area contributed by atoms with Crippen LogP contribution in [0.4, 0.5) is 16.2 Å². The van der Waals surface area contributed by atoms with E-state index in [0.717, 1.165) is 5.56 Å². The Morgan fingerprint density at radius 1 is 1.19 bits per heavy atom. The summed E-state index contributed by atoms with van der Waals surface area (Å²) in [4.78, 5) is 26.4. The molecule has 8 nitrogen and oxygen atoms in total. The third kappa shape index (κ3) is 4.74. The second-order valence-corrected chi connectivity index (χ2v) is 9.40. The summed E-state index contributed by atoms with van der Waals surface area (Å²) in [5.41, 5.74) is 1.82. The number of hydrogen-bond acceptors (Lipinski definition) is 7. The van der Waals surface area contributed by atoms with Crippen LogP contribution in [0, 0.1) is 6.92 Å². The van der Waals surface area contributed by atoms with Crippen molar-refractivity contribution in [2.75, 3.05) is 18.4 Å². The molecule has 0 aliphatic carbocycles. The average molecular weight is 529 g/mol. The molecule has 1 saturated heterocycles. The normalized spacial score (nSPS) is 17.8. The van der Waals surface area contributed by atoms with Crippen LogP contribution in [0.1, 0.15) is 12.0 Å². The van der Waals surface area contributed by atoms with Crippen LogP contribution in [0.3, 0.4) is 0 Å².